The van der Waals surface area contributed by atoms with Crippen LogP contribution in [0.5, 0.6) is 5.75 Å². The molecule has 2 heterocycles. The quantitative estimate of drug-likeness (QED) is 0.728. The van der Waals surface area contributed by atoms with Gasteiger partial charge in [0.15, 0.2) is 0 Å². The van der Waals surface area contributed by atoms with E-state index < -0.39 is 0 Å². The van der Waals surface area contributed by atoms with E-state index in [1.807, 2.05) is 30.3 Å². The number of nitrogens with zero attached hydrogens (tertiary/aromatic N) is 2. The van der Waals surface area contributed by atoms with Crippen LogP contribution in [0, 0.1) is 0 Å². The van der Waals surface area contributed by atoms with Crippen molar-refractivity contribution in [1.82, 2.24) is 9.55 Å². The van der Waals surface area contributed by atoms with E-state index in [-0.39, 0.29) is 17.7 Å². The minimum atomic E-state index is -0.213. The number of ether oxygens (including phenoxy) is 1. The van der Waals surface area contributed by atoms with Gasteiger partial charge in [0.05, 0.1) is 29.7 Å². The maximum atomic E-state index is 12.4. The van der Waals surface area contributed by atoms with Gasteiger partial charge in [-0.25, -0.2) is 4.98 Å². The molecule has 0 fully saturated rings. The highest BCUT2D eigenvalue weighted by Crippen LogP contribution is 2.42. The Balaban J connectivity index is 1.91. The molecule has 2 aromatic carbocycles. The fraction of sp³-hybridized carbons (Fsp3) is 0.286. The molecule has 28 heavy (non-hydrogen) atoms. The van der Waals surface area contributed by atoms with Gasteiger partial charge in [-0.3, -0.25) is 9.59 Å². The summed E-state index contributed by atoms with van der Waals surface area (Å²) >= 11 is 0. The Morgan fingerprint density at radius 3 is 2.86 bits per heavy atom. The van der Waals surface area contributed by atoms with Gasteiger partial charge in [-0.05, 0) is 30.7 Å². The van der Waals surface area contributed by atoms with E-state index in [9.17, 15) is 9.59 Å². The molecule has 144 valence electrons. The fourth-order valence-electron chi connectivity index (χ4n) is 3.87. The van der Waals surface area contributed by atoms with Gasteiger partial charge >= 0.3 is 0 Å². The second kappa shape index (κ2) is 6.99. The first kappa shape index (κ1) is 18.0. The van der Waals surface area contributed by atoms with Crippen LogP contribution in [-0.2, 0) is 16.1 Å². The van der Waals surface area contributed by atoms with E-state index in [0.717, 1.165) is 29.0 Å². The number of carbonyl (C=O) groups excluding carboxylic acids is 2. The van der Waals surface area contributed by atoms with Crippen LogP contribution in [0.2, 0.25) is 0 Å². The van der Waals surface area contributed by atoms with Gasteiger partial charge in [0.1, 0.15) is 11.6 Å². The van der Waals surface area contributed by atoms with Crippen molar-refractivity contribution in [2.45, 2.75) is 32.7 Å². The van der Waals surface area contributed by atoms with Crippen LogP contribution in [0.15, 0.2) is 36.4 Å². The van der Waals surface area contributed by atoms with E-state index in [1.165, 1.54) is 14.0 Å². The number of para-hydroxylation sites is 2. The number of hydrogen-bond acceptors (Lipinski definition) is 4. The average molecular weight is 378 g/mol. The lowest BCUT2D eigenvalue weighted by Gasteiger charge is -2.27. The first-order valence-electron chi connectivity index (χ1n) is 9.26. The van der Waals surface area contributed by atoms with Crippen LogP contribution in [-0.4, -0.2) is 28.5 Å². The largest absolute Gasteiger partial charge is 0.494 e. The Morgan fingerprint density at radius 2 is 2.14 bits per heavy atom. The van der Waals surface area contributed by atoms with E-state index in [0.29, 0.717) is 23.5 Å². The summed E-state index contributed by atoms with van der Waals surface area (Å²) in [5, 5.41) is 5.73. The summed E-state index contributed by atoms with van der Waals surface area (Å²) in [5.41, 5.74) is 4.12. The smallest absolute Gasteiger partial charge is 0.225 e. The summed E-state index contributed by atoms with van der Waals surface area (Å²) in [4.78, 5) is 28.9. The fourth-order valence-corrected chi connectivity index (χ4v) is 3.87. The molecule has 0 bridgehead atoms. The zero-order chi connectivity index (χ0) is 19.8. The Labute approximate surface area is 162 Å². The summed E-state index contributed by atoms with van der Waals surface area (Å²) in [5.74, 6) is 0.879. The summed E-state index contributed by atoms with van der Waals surface area (Å²) in [6.07, 6.45) is 0.294. The first-order chi connectivity index (χ1) is 13.5. The van der Waals surface area contributed by atoms with Crippen molar-refractivity contribution >= 4 is 34.2 Å². The van der Waals surface area contributed by atoms with Crippen LogP contribution in [0.4, 0.5) is 11.4 Å². The minimum absolute atomic E-state index is 0.0680. The molecule has 1 atom stereocenters. The molecule has 3 aromatic rings. The van der Waals surface area contributed by atoms with Crippen LogP contribution in [0.25, 0.3) is 11.0 Å². The number of rotatable bonds is 4. The Kier molecular flexibility index (Phi) is 4.50. The highest BCUT2D eigenvalue weighted by molar-refractivity contribution is 5.98. The van der Waals surface area contributed by atoms with Crippen molar-refractivity contribution in [3.05, 3.63) is 47.8 Å². The van der Waals surface area contributed by atoms with Crippen molar-refractivity contribution in [1.29, 1.82) is 0 Å². The van der Waals surface area contributed by atoms with E-state index in [1.54, 1.807) is 6.07 Å². The topological polar surface area (TPSA) is 85.3 Å². The van der Waals surface area contributed by atoms with Gasteiger partial charge in [0.25, 0.3) is 0 Å². The molecule has 1 aliphatic heterocycles. The number of hydrogen-bond donors (Lipinski definition) is 2. The SMILES string of the molecule is CCn1c(C2CC(=O)Nc3cc(OC)c(NC(C)=O)cc32)nc2ccccc21. The first-order valence-corrected chi connectivity index (χ1v) is 9.26. The molecule has 1 aliphatic rings. The van der Waals surface area contributed by atoms with Crippen molar-refractivity contribution in [2.75, 3.05) is 17.7 Å². The van der Waals surface area contributed by atoms with Gasteiger partial charge < -0.3 is 19.9 Å². The molecular formula is C21H22N4O3. The van der Waals surface area contributed by atoms with Crippen LogP contribution in [0.1, 0.15) is 37.6 Å². The summed E-state index contributed by atoms with van der Waals surface area (Å²) in [7, 11) is 1.53. The summed E-state index contributed by atoms with van der Waals surface area (Å²) in [6.45, 7) is 4.27. The molecule has 7 heteroatoms. The number of carbonyl (C=O) groups is 2. The van der Waals surface area contributed by atoms with Gasteiger partial charge in [0, 0.05) is 31.6 Å². The van der Waals surface area contributed by atoms with Crippen molar-refractivity contribution in [3.63, 3.8) is 0 Å². The number of nitrogens with one attached hydrogen (secondary N) is 2. The van der Waals surface area contributed by atoms with Gasteiger partial charge in [-0.15, -0.1) is 0 Å². The van der Waals surface area contributed by atoms with Gasteiger partial charge in [0.2, 0.25) is 11.8 Å². The van der Waals surface area contributed by atoms with E-state index in [4.69, 9.17) is 9.72 Å². The number of anilines is 2. The third kappa shape index (κ3) is 2.98. The number of fused-ring (bicyclic) bond motifs is 2. The Bertz CT molecular complexity index is 1090. The van der Waals surface area contributed by atoms with Gasteiger partial charge in [-0.2, -0.15) is 0 Å². The van der Waals surface area contributed by atoms with Crippen LogP contribution < -0.4 is 15.4 Å². The molecule has 0 radical (unpaired) electrons. The van der Waals surface area contributed by atoms with Crippen LogP contribution in [0.3, 0.4) is 0 Å². The molecule has 0 saturated heterocycles. The van der Waals surface area contributed by atoms with Crippen molar-refractivity contribution in [2.24, 2.45) is 0 Å². The second-order valence-electron chi connectivity index (χ2n) is 6.83. The molecule has 1 aromatic heterocycles. The number of benzene rings is 2. The lowest BCUT2D eigenvalue weighted by Crippen LogP contribution is -2.26. The summed E-state index contributed by atoms with van der Waals surface area (Å²) in [6, 6.07) is 11.6. The molecule has 0 spiro atoms. The molecule has 1 unspecified atom stereocenters. The Morgan fingerprint density at radius 1 is 1.36 bits per heavy atom. The second-order valence-corrected chi connectivity index (χ2v) is 6.83. The lowest BCUT2D eigenvalue weighted by molar-refractivity contribution is -0.117. The third-order valence-electron chi connectivity index (χ3n) is 5.03. The lowest BCUT2D eigenvalue weighted by atomic mass is 9.89. The Hall–Kier alpha value is -3.35. The number of aryl methyl sites for hydroxylation is 1. The predicted molar refractivity (Wildman–Crippen MR) is 108 cm³/mol. The molecule has 2 amide bonds. The number of imidazole rings is 1. The number of methoxy groups -OCH3 is 1. The molecule has 0 saturated carbocycles. The molecular weight excluding hydrogens is 356 g/mol. The summed E-state index contributed by atoms with van der Waals surface area (Å²) < 4.78 is 7.54. The molecule has 4 rings (SSSR count). The van der Waals surface area contributed by atoms with Crippen molar-refractivity contribution < 1.29 is 14.3 Å². The average Bonchev–Trinajstić information content (AvgIpc) is 3.05. The van der Waals surface area contributed by atoms with Crippen molar-refractivity contribution in [3.8, 4) is 5.75 Å². The molecule has 2 N–H and O–H groups in total. The van der Waals surface area contributed by atoms with E-state index >= 15 is 0 Å². The number of aromatic nitrogens is 2. The zero-order valence-corrected chi connectivity index (χ0v) is 16.1. The highest BCUT2D eigenvalue weighted by Gasteiger charge is 2.31. The maximum Gasteiger partial charge on any atom is 0.225 e. The maximum absolute atomic E-state index is 12.4. The highest BCUT2D eigenvalue weighted by atomic mass is 16.5. The number of amides is 2. The van der Waals surface area contributed by atoms with Gasteiger partial charge in [-0.1, -0.05) is 12.1 Å². The predicted octanol–water partition coefficient (Wildman–Crippen LogP) is 3.50. The molecule has 0 aliphatic carbocycles. The third-order valence-corrected chi connectivity index (χ3v) is 5.03. The normalized spacial score (nSPS) is 15.8. The minimum Gasteiger partial charge on any atom is -0.494 e. The molecule has 7 nitrogen and oxygen atoms in total. The van der Waals surface area contributed by atoms with E-state index in [2.05, 4.69) is 22.1 Å². The van der Waals surface area contributed by atoms with Crippen LogP contribution >= 0.6 is 0 Å². The zero-order valence-electron chi connectivity index (χ0n) is 16.1. The monoisotopic (exact) mass is 378 g/mol. The standard InChI is InChI=1S/C21H22N4O3/c1-4-25-18-8-6-5-7-15(18)24-21(25)14-10-20(27)23-16-11-19(28-3)17(9-13(14)16)22-12(2)26/h5-9,11,14H,4,10H2,1-3H3,(H,22,26)(H,23,27).